The molecule has 2 amide bonds. The van der Waals surface area contributed by atoms with Gasteiger partial charge in [0.15, 0.2) is 0 Å². The molecule has 0 spiro atoms. The first-order chi connectivity index (χ1) is 10.8. The van der Waals surface area contributed by atoms with Gasteiger partial charge in [0.25, 0.3) is 0 Å². The minimum atomic E-state index is -0.0841. The predicted octanol–water partition coefficient (Wildman–Crippen LogP) is 4.40. The van der Waals surface area contributed by atoms with E-state index >= 15 is 0 Å². The van der Waals surface area contributed by atoms with Crippen molar-refractivity contribution in [1.29, 1.82) is 0 Å². The van der Waals surface area contributed by atoms with Crippen LogP contribution in [0.2, 0.25) is 0 Å². The number of nitrogens with one attached hydrogen (secondary N) is 2. The zero-order chi connectivity index (χ0) is 14.9. The number of urea groups is 1. The molecule has 0 heterocycles. The molecule has 2 N–H and O–H groups in total. The van der Waals surface area contributed by atoms with Crippen molar-refractivity contribution in [2.75, 3.05) is 11.9 Å². The first-order valence-corrected chi connectivity index (χ1v) is 8.32. The number of rotatable bonds is 3. The van der Waals surface area contributed by atoms with Crippen molar-refractivity contribution < 1.29 is 4.79 Å². The fourth-order valence-corrected chi connectivity index (χ4v) is 4.35. The topological polar surface area (TPSA) is 41.1 Å². The fraction of sp³-hybridized carbons (Fsp3) is 0.421. The van der Waals surface area contributed by atoms with E-state index in [9.17, 15) is 4.79 Å². The monoisotopic (exact) mass is 294 g/mol. The normalized spacial score (nSPS) is 26.3. The maximum absolute atomic E-state index is 12.2. The molecule has 0 radical (unpaired) electrons. The van der Waals surface area contributed by atoms with Crippen molar-refractivity contribution in [3.05, 3.63) is 42.5 Å². The summed E-state index contributed by atoms with van der Waals surface area (Å²) in [6.07, 6.45) is 5.46. The summed E-state index contributed by atoms with van der Waals surface area (Å²) in [6, 6.07) is 14.0. The third kappa shape index (κ3) is 2.56. The number of benzene rings is 2. The molecule has 3 nitrogen and oxygen atoms in total. The molecule has 0 saturated heterocycles. The molecule has 0 aromatic heterocycles. The van der Waals surface area contributed by atoms with Crippen molar-refractivity contribution >= 4 is 22.5 Å². The van der Waals surface area contributed by atoms with Crippen LogP contribution in [-0.2, 0) is 0 Å². The smallest absolute Gasteiger partial charge is 0.319 e. The lowest BCUT2D eigenvalue weighted by Gasteiger charge is -2.22. The first kappa shape index (κ1) is 13.6. The van der Waals surface area contributed by atoms with Crippen LogP contribution >= 0.6 is 0 Å². The van der Waals surface area contributed by atoms with Crippen LogP contribution in [0.3, 0.4) is 0 Å². The average Bonchev–Trinajstić information content (AvgIpc) is 3.16. The molecule has 0 aliphatic heterocycles. The summed E-state index contributed by atoms with van der Waals surface area (Å²) in [4.78, 5) is 12.2. The maximum atomic E-state index is 12.2. The fourth-order valence-electron chi connectivity index (χ4n) is 4.35. The SMILES string of the molecule is O=C(NC[C@H]1C[C@H]2CC[C@H]1C2)Nc1cccc2ccccc12. The number of fused-ring (bicyclic) bond motifs is 3. The van der Waals surface area contributed by atoms with Crippen molar-refractivity contribution in [3.8, 4) is 0 Å². The minimum absolute atomic E-state index is 0.0841. The molecular weight excluding hydrogens is 272 g/mol. The molecule has 3 atom stereocenters. The van der Waals surface area contributed by atoms with Crippen LogP contribution in [0.15, 0.2) is 42.5 Å². The van der Waals surface area contributed by atoms with Gasteiger partial charge in [-0.25, -0.2) is 4.79 Å². The van der Waals surface area contributed by atoms with Crippen molar-refractivity contribution in [2.24, 2.45) is 17.8 Å². The van der Waals surface area contributed by atoms with Gasteiger partial charge < -0.3 is 10.6 Å². The van der Waals surface area contributed by atoms with E-state index in [0.717, 1.165) is 34.8 Å². The highest BCUT2D eigenvalue weighted by atomic mass is 16.2. The summed E-state index contributed by atoms with van der Waals surface area (Å²) in [5.41, 5.74) is 0.878. The third-order valence-electron chi connectivity index (χ3n) is 5.45. The van der Waals surface area contributed by atoms with Crippen molar-refractivity contribution in [3.63, 3.8) is 0 Å². The standard InChI is InChI=1S/C19H22N2O/c22-19(20-12-16-11-13-8-9-15(16)10-13)21-18-7-3-5-14-4-1-2-6-17(14)18/h1-7,13,15-16H,8-12H2,(H2,20,21,22)/t13-,15-,16+/m0/s1. The average molecular weight is 294 g/mol. The molecular formula is C19H22N2O. The van der Waals surface area contributed by atoms with E-state index in [0.29, 0.717) is 5.92 Å². The summed E-state index contributed by atoms with van der Waals surface area (Å²) in [7, 11) is 0. The minimum Gasteiger partial charge on any atom is -0.338 e. The van der Waals surface area contributed by atoms with Gasteiger partial charge in [-0.3, -0.25) is 0 Å². The second-order valence-electron chi connectivity index (χ2n) is 6.80. The van der Waals surface area contributed by atoms with Crippen LogP contribution in [0.5, 0.6) is 0 Å². The Morgan fingerprint density at radius 1 is 1.05 bits per heavy atom. The van der Waals surface area contributed by atoms with Crippen LogP contribution < -0.4 is 10.6 Å². The molecule has 3 heteroatoms. The molecule has 2 aliphatic rings. The van der Waals surface area contributed by atoms with Gasteiger partial charge in [-0.2, -0.15) is 0 Å². The summed E-state index contributed by atoms with van der Waals surface area (Å²) >= 11 is 0. The second-order valence-corrected chi connectivity index (χ2v) is 6.80. The quantitative estimate of drug-likeness (QED) is 0.865. The zero-order valence-corrected chi connectivity index (χ0v) is 12.7. The summed E-state index contributed by atoms with van der Waals surface area (Å²) in [5.74, 6) is 2.47. The maximum Gasteiger partial charge on any atom is 0.319 e. The first-order valence-electron chi connectivity index (χ1n) is 8.32. The van der Waals surface area contributed by atoms with Crippen LogP contribution in [0.25, 0.3) is 10.8 Å². The lowest BCUT2D eigenvalue weighted by molar-refractivity contribution is 0.245. The molecule has 2 aliphatic carbocycles. The zero-order valence-electron chi connectivity index (χ0n) is 12.7. The van der Waals surface area contributed by atoms with E-state index in [1.54, 1.807) is 0 Å². The summed E-state index contributed by atoms with van der Waals surface area (Å²) in [5, 5.41) is 8.31. The number of amides is 2. The Labute approximate surface area is 131 Å². The van der Waals surface area contributed by atoms with Gasteiger partial charge in [-0.1, -0.05) is 42.8 Å². The molecule has 2 saturated carbocycles. The molecule has 2 bridgehead atoms. The number of carbonyl (C=O) groups is 1. The highest BCUT2D eigenvalue weighted by molar-refractivity contribution is 6.01. The van der Waals surface area contributed by atoms with Crippen molar-refractivity contribution in [2.45, 2.75) is 25.7 Å². The van der Waals surface area contributed by atoms with E-state index in [2.05, 4.69) is 22.8 Å². The van der Waals surface area contributed by atoms with Gasteiger partial charge in [0.05, 0.1) is 5.69 Å². The molecule has 114 valence electrons. The predicted molar refractivity (Wildman–Crippen MR) is 89.9 cm³/mol. The van der Waals surface area contributed by atoms with Crippen LogP contribution in [-0.4, -0.2) is 12.6 Å². The Bertz CT molecular complexity index is 691. The van der Waals surface area contributed by atoms with E-state index in [4.69, 9.17) is 0 Å². The Hall–Kier alpha value is -2.03. The number of anilines is 1. The molecule has 0 unspecified atom stereocenters. The van der Waals surface area contributed by atoms with Gasteiger partial charge >= 0.3 is 6.03 Å². The Morgan fingerprint density at radius 2 is 1.91 bits per heavy atom. The highest BCUT2D eigenvalue weighted by Gasteiger charge is 2.39. The van der Waals surface area contributed by atoms with E-state index in [-0.39, 0.29) is 6.03 Å². The molecule has 2 aromatic carbocycles. The van der Waals surface area contributed by atoms with Crippen LogP contribution in [0, 0.1) is 17.8 Å². The van der Waals surface area contributed by atoms with Gasteiger partial charge in [-0.05, 0) is 48.5 Å². The Balaban J connectivity index is 1.39. The van der Waals surface area contributed by atoms with Gasteiger partial charge in [0.1, 0.15) is 0 Å². The molecule has 2 fully saturated rings. The largest absolute Gasteiger partial charge is 0.338 e. The van der Waals surface area contributed by atoms with E-state index in [1.807, 2.05) is 30.3 Å². The lowest BCUT2D eigenvalue weighted by Crippen LogP contribution is -2.34. The number of carbonyl (C=O) groups excluding carboxylic acids is 1. The summed E-state index contributed by atoms with van der Waals surface area (Å²) < 4.78 is 0. The van der Waals surface area contributed by atoms with E-state index in [1.165, 1.54) is 25.7 Å². The Kier molecular flexibility index (Phi) is 3.49. The Morgan fingerprint density at radius 3 is 2.73 bits per heavy atom. The van der Waals surface area contributed by atoms with Gasteiger partial charge in [0, 0.05) is 11.9 Å². The lowest BCUT2D eigenvalue weighted by atomic mass is 9.89. The van der Waals surface area contributed by atoms with Gasteiger partial charge in [0.2, 0.25) is 0 Å². The second kappa shape index (κ2) is 5.64. The summed E-state index contributed by atoms with van der Waals surface area (Å²) in [6.45, 7) is 0.817. The van der Waals surface area contributed by atoms with Gasteiger partial charge in [-0.15, -0.1) is 0 Å². The van der Waals surface area contributed by atoms with Crippen molar-refractivity contribution in [1.82, 2.24) is 5.32 Å². The third-order valence-corrected chi connectivity index (χ3v) is 5.45. The van der Waals surface area contributed by atoms with Crippen LogP contribution in [0.4, 0.5) is 10.5 Å². The van der Waals surface area contributed by atoms with E-state index < -0.39 is 0 Å². The molecule has 4 rings (SSSR count). The number of hydrogen-bond donors (Lipinski definition) is 2. The molecule has 2 aromatic rings. The highest BCUT2D eigenvalue weighted by Crippen LogP contribution is 2.47. The number of hydrogen-bond acceptors (Lipinski definition) is 1. The van der Waals surface area contributed by atoms with Crippen LogP contribution in [0.1, 0.15) is 25.7 Å². The molecule has 22 heavy (non-hydrogen) atoms.